The summed E-state index contributed by atoms with van der Waals surface area (Å²) < 4.78 is 4.23. The van der Waals surface area contributed by atoms with Crippen LogP contribution >= 0.6 is 11.3 Å². The molecule has 0 aliphatic heterocycles. The summed E-state index contributed by atoms with van der Waals surface area (Å²) in [5.74, 6) is 0. The molecule has 100 valence electrons. The van der Waals surface area contributed by atoms with Crippen molar-refractivity contribution in [2.24, 2.45) is 0 Å². The number of aliphatic hydroxyl groups is 1. The molecule has 0 spiro atoms. The van der Waals surface area contributed by atoms with E-state index < -0.39 is 0 Å². The molecule has 20 heavy (non-hydrogen) atoms. The quantitative estimate of drug-likeness (QED) is 0.628. The molecule has 0 fully saturated rings. The van der Waals surface area contributed by atoms with E-state index in [1.807, 2.05) is 23.7 Å². The Kier molecular flexibility index (Phi) is 2.61. The van der Waals surface area contributed by atoms with E-state index in [1.165, 1.54) is 5.52 Å². The average molecular weight is 283 g/mol. The molecule has 0 unspecified atom stereocenters. The molecule has 0 aliphatic rings. The number of hydrogen-bond acceptors (Lipinski definition) is 3. The van der Waals surface area contributed by atoms with Gasteiger partial charge in [0.05, 0.1) is 18.8 Å². The number of nitrogens with zero attached hydrogens (tertiary/aromatic N) is 3. The second-order valence-corrected chi connectivity index (χ2v) is 5.69. The van der Waals surface area contributed by atoms with E-state index in [9.17, 15) is 5.11 Å². The number of thiazole rings is 1. The van der Waals surface area contributed by atoms with Crippen LogP contribution in [0.25, 0.3) is 15.9 Å². The van der Waals surface area contributed by atoms with E-state index in [4.69, 9.17) is 0 Å². The van der Waals surface area contributed by atoms with E-state index in [2.05, 4.69) is 38.5 Å². The van der Waals surface area contributed by atoms with Crippen molar-refractivity contribution in [1.82, 2.24) is 14.0 Å². The van der Waals surface area contributed by atoms with Gasteiger partial charge in [0.1, 0.15) is 0 Å². The molecule has 5 heteroatoms. The second kappa shape index (κ2) is 4.47. The van der Waals surface area contributed by atoms with Crippen LogP contribution in [0.5, 0.6) is 0 Å². The van der Waals surface area contributed by atoms with Gasteiger partial charge in [-0.2, -0.15) is 0 Å². The minimum absolute atomic E-state index is 0.0818. The molecular formula is C15H13N3OS. The third kappa shape index (κ3) is 1.83. The summed E-state index contributed by atoms with van der Waals surface area (Å²) in [6.07, 6.45) is 6.16. The second-order valence-electron chi connectivity index (χ2n) is 4.82. The largest absolute Gasteiger partial charge is 0.392 e. The van der Waals surface area contributed by atoms with Crippen molar-refractivity contribution in [3.05, 3.63) is 59.5 Å². The minimum atomic E-state index is 0.0818. The first-order valence-corrected chi connectivity index (χ1v) is 7.31. The number of imidazole rings is 1. The molecule has 1 aromatic carbocycles. The monoisotopic (exact) mass is 283 g/mol. The van der Waals surface area contributed by atoms with Crippen LogP contribution in [0.3, 0.4) is 0 Å². The molecule has 0 bridgehead atoms. The predicted molar refractivity (Wildman–Crippen MR) is 80.0 cm³/mol. The van der Waals surface area contributed by atoms with Crippen molar-refractivity contribution in [2.75, 3.05) is 0 Å². The SMILES string of the molecule is OCc1ccc2c(ccn2Cc2cn3ccsc3n2)c1. The average Bonchev–Trinajstić information content (AvgIpc) is 3.13. The van der Waals surface area contributed by atoms with Gasteiger partial charge in [0.2, 0.25) is 0 Å². The molecule has 0 saturated heterocycles. The maximum Gasteiger partial charge on any atom is 0.193 e. The number of benzene rings is 1. The molecule has 0 saturated carbocycles. The van der Waals surface area contributed by atoms with Crippen molar-refractivity contribution in [2.45, 2.75) is 13.2 Å². The molecule has 4 rings (SSSR count). The van der Waals surface area contributed by atoms with Gasteiger partial charge in [0.25, 0.3) is 0 Å². The smallest absolute Gasteiger partial charge is 0.193 e. The number of aliphatic hydroxyl groups excluding tert-OH is 1. The molecule has 4 nitrogen and oxygen atoms in total. The fourth-order valence-corrected chi connectivity index (χ4v) is 3.23. The summed E-state index contributed by atoms with van der Waals surface area (Å²) >= 11 is 1.64. The lowest BCUT2D eigenvalue weighted by Crippen LogP contribution is -1.98. The Morgan fingerprint density at radius 2 is 2.15 bits per heavy atom. The number of aromatic nitrogens is 3. The van der Waals surface area contributed by atoms with Gasteiger partial charge in [-0.1, -0.05) is 6.07 Å². The Bertz CT molecular complexity index is 858. The molecule has 0 aliphatic carbocycles. The zero-order chi connectivity index (χ0) is 13.5. The van der Waals surface area contributed by atoms with Gasteiger partial charge in [0, 0.05) is 29.5 Å². The Hall–Kier alpha value is -2.11. The summed E-state index contributed by atoms with van der Waals surface area (Å²) in [6.45, 7) is 0.842. The highest BCUT2D eigenvalue weighted by atomic mass is 32.1. The summed E-state index contributed by atoms with van der Waals surface area (Å²) in [5, 5.41) is 12.4. The normalized spacial score (nSPS) is 11.7. The van der Waals surface area contributed by atoms with Crippen LogP contribution in [0.1, 0.15) is 11.3 Å². The highest BCUT2D eigenvalue weighted by molar-refractivity contribution is 7.15. The fourth-order valence-electron chi connectivity index (χ4n) is 2.51. The molecule has 0 atom stereocenters. The van der Waals surface area contributed by atoms with Gasteiger partial charge in [-0.25, -0.2) is 4.98 Å². The molecule has 3 heterocycles. The summed E-state index contributed by atoms with van der Waals surface area (Å²) in [6, 6.07) is 8.12. The maximum atomic E-state index is 9.18. The standard InChI is InChI=1S/C15H13N3OS/c19-10-11-1-2-14-12(7-11)3-4-17(14)8-13-9-18-5-6-20-15(18)16-13/h1-7,9,19H,8,10H2. The van der Waals surface area contributed by atoms with E-state index >= 15 is 0 Å². The van der Waals surface area contributed by atoms with Gasteiger partial charge >= 0.3 is 0 Å². The molecule has 1 N–H and O–H groups in total. The molecule has 4 aromatic rings. The Balaban J connectivity index is 1.73. The van der Waals surface area contributed by atoms with Crippen LogP contribution in [0.4, 0.5) is 0 Å². The van der Waals surface area contributed by atoms with Crippen LogP contribution < -0.4 is 0 Å². The summed E-state index contributed by atoms with van der Waals surface area (Å²) in [7, 11) is 0. The van der Waals surface area contributed by atoms with Gasteiger partial charge in [-0.05, 0) is 29.1 Å². The van der Waals surface area contributed by atoms with Crippen molar-refractivity contribution < 1.29 is 5.11 Å². The zero-order valence-corrected chi connectivity index (χ0v) is 11.5. The van der Waals surface area contributed by atoms with Gasteiger partial charge in [-0.15, -0.1) is 11.3 Å². The van der Waals surface area contributed by atoms with Gasteiger partial charge < -0.3 is 9.67 Å². The summed E-state index contributed by atoms with van der Waals surface area (Å²) in [5.41, 5.74) is 3.16. The highest BCUT2D eigenvalue weighted by Crippen LogP contribution is 2.20. The Labute approximate surface area is 119 Å². The van der Waals surface area contributed by atoms with Crippen LogP contribution in [0.15, 0.2) is 48.2 Å². The first-order valence-electron chi connectivity index (χ1n) is 6.43. The summed E-state index contributed by atoms with van der Waals surface area (Å²) in [4.78, 5) is 5.64. The number of hydrogen-bond donors (Lipinski definition) is 1. The fraction of sp³-hybridized carbons (Fsp3) is 0.133. The molecule has 0 radical (unpaired) electrons. The zero-order valence-electron chi connectivity index (χ0n) is 10.7. The third-order valence-electron chi connectivity index (χ3n) is 3.49. The third-order valence-corrected chi connectivity index (χ3v) is 4.26. The van der Waals surface area contributed by atoms with E-state index in [0.717, 1.165) is 28.1 Å². The predicted octanol–water partition coefficient (Wildman–Crippen LogP) is 2.89. The van der Waals surface area contributed by atoms with Crippen LogP contribution in [0, 0.1) is 0 Å². The van der Waals surface area contributed by atoms with Crippen LogP contribution in [-0.4, -0.2) is 19.1 Å². The van der Waals surface area contributed by atoms with Crippen molar-refractivity contribution in [3.8, 4) is 0 Å². The van der Waals surface area contributed by atoms with E-state index in [0.29, 0.717) is 0 Å². The molecular weight excluding hydrogens is 270 g/mol. The topological polar surface area (TPSA) is 42.5 Å². The lowest BCUT2D eigenvalue weighted by Gasteiger charge is -2.03. The van der Waals surface area contributed by atoms with Crippen molar-refractivity contribution >= 4 is 27.2 Å². The van der Waals surface area contributed by atoms with Gasteiger partial charge in [0.15, 0.2) is 4.96 Å². The Morgan fingerprint density at radius 1 is 1.20 bits per heavy atom. The lowest BCUT2D eigenvalue weighted by atomic mass is 10.2. The lowest BCUT2D eigenvalue weighted by molar-refractivity contribution is 0.282. The minimum Gasteiger partial charge on any atom is -0.392 e. The van der Waals surface area contributed by atoms with E-state index in [-0.39, 0.29) is 6.61 Å². The van der Waals surface area contributed by atoms with E-state index in [1.54, 1.807) is 11.3 Å². The molecule has 0 amide bonds. The van der Waals surface area contributed by atoms with Crippen LogP contribution in [0.2, 0.25) is 0 Å². The van der Waals surface area contributed by atoms with Crippen LogP contribution in [-0.2, 0) is 13.2 Å². The molecule has 3 aromatic heterocycles. The first kappa shape index (κ1) is 11.7. The first-order chi connectivity index (χ1) is 9.83. The number of rotatable bonds is 3. The highest BCUT2D eigenvalue weighted by Gasteiger charge is 2.06. The maximum absolute atomic E-state index is 9.18. The van der Waals surface area contributed by atoms with Crippen molar-refractivity contribution in [1.29, 1.82) is 0 Å². The van der Waals surface area contributed by atoms with Gasteiger partial charge in [-0.3, -0.25) is 4.40 Å². The Morgan fingerprint density at radius 3 is 3.00 bits per heavy atom. The number of fused-ring (bicyclic) bond motifs is 2. The van der Waals surface area contributed by atoms with Crippen molar-refractivity contribution in [3.63, 3.8) is 0 Å².